The lowest BCUT2D eigenvalue weighted by atomic mass is 9.95. The Kier molecular flexibility index (Phi) is 8.63. The van der Waals surface area contributed by atoms with Crippen LogP contribution in [0, 0.1) is 13.8 Å². The van der Waals surface area contributed by atoms with Gasteiger partial charge in [0.25, 0.3) is 5.90 Å². The lowest BCUT2D eigenvalue weighted by molar-refractivity contribution is -0.320. The number of benzene rings is 2. The van der Waals surface area contributed by atoms with E-state index in [1.165, 1.54) is 13.0 Å². The average molecular weight is 613 g/mol. The van der Waals surface area contributed by atoms with Crippen molar-refractivity contribution in [3.05, 3.63) is 76.2 Å². The summed E-state index contributed by atoms with van der Waals surface area (Å²) in [4.78, 5) is 22.7. The Labute approximate surface area is 252 Å². The number of oxime groups is 1. The highest BCUT2D eigenvalue weighted by Crippen LogP contribution is 2.55. The molecule has 1 saturated carbocycles. The first-order chi connectivity index (χ1) is 20.5. The van der Waals surface area contributed by atoms with Gasteiger partial charge >= 0.3 is 11.9 Å². The number of fused-ring (bicyclic) bond motifs is 3. The lowest BCUT2D eigenvalue weighted by Crippen LogP contribution is -2.35. The maximum atomic E-state index is 16.0. The molecular weight excluding hydrogens is 576 g/mol. The molecule has 5 rings (SSSR count). The molecule has 1 heterocycles. The topological polar surface area (TPSA) is 86.6 Å². The first-order valence-corrected chi connectivity index (χ1v) is 15.6. The van der Waals surface area contributed by atoms with Crippen LogP contribution in [0.2, 0.25) is 0 Å². The van der Waals surface area contributed by atoms with Crippen LogP contribution in [0.15, 0.2) is 59.8 Å². The van der Waals surface area contributed by atoms with Gasteiger partial charge in [0.2, 0.25) is 0 Å². The van der Waals surface area contributed by atoms with E-state index in [-0.39, 0.29) is 29.2 Å². The van der Waals surface area contributed by atoms with Gasteiger partial charge in [-0.25, -0.2) is 4.79 Å². The van der Waals surface area contributed by atoms with Gasteiger partial charge in [-0.3, -0.25) is 4.89 Å². The third-order valence-corrected chi connectivity index (χ3v) is 10.4. The molecule has 7 nitrogen and oxygen atoms in total. The quantitative estimate of drug-likeness (QED) is 0.0495. The predicted octanol–water partition coefficient (Wildman–Crippen LogP) is 8.64. The van der Waals surface area contributed by atoms with E-state index in [0.717, 1.165) is 52.8 Å². The van der Waals surface area contributed by atoms with Crippen LogP contribution in [0.1, 0.15) is 67.5 Å². The SMILES string of the molecule is C=C(C)C(=O)OOC1C=Cc2c(c3ccccc3[s+]2-c2cc(C)c(OCC(=NO)OC3(CC)CCCC3)c(C)c2)C1(F)F. The summed E-state index contributed by atoms with van der Waals surface area (Å²) in [6.07, 6.45) is 5.88. The number of carbonyl (C=O) groups excluding carboxylic acids is 1. The van der Waals surface area contributed by atoms with E-state index in [2.05, 4.69) is 23.5 Å². The second-order valence-corrected chi connectivity index (χ2v) is 13.2. The average Bonchev–Trinajstić information content (AvgIpc) is 3.58. The molecular formula is C33H36F2NO6S+. The highest BCUT2D eigenvalue weighted by atomic mass is 32.2. The molecule has 1 aromatic heterocycles. The Morgan fingerprint density at radius 2 is 1.84 bits per heavy atom. The standard InChI is InChI=1S/C33H35F2NO6S/c1-6-32(15-9-10-16-32)40-28(36-38)19-39-30-21(4)17-23(18-22(30)5)43-25-12-8-7-11-24(25)29-26(43)13-14-27(33(29,34)35)41-42-31(37)20(2)3/h7-8,11-14,17-18,27H,2,6,9-10,15-16,19H2,1,3-5H3/p+1. The zero-order valence-corrected chi connectivity index (χ0v) is 25.6. The molecule has 10 heteroatoms. The third kappa shape index (κ3) is 5.78. The number of hydrogen-bond acceptors (Lipinski definition) is 7. The molecule has 0 aliphatic heterocycles. The van der Waals surface area contributed by atoms with Crippen molar-refractivity contribution in [3.63, 3.8) is 0 Å². The number of hydrogen-bond donors (Lipinski definition) is 1. The first-order valence-electron chi connectivity index (χ1n) is 14.3. The van der Waals surface area contributed by atoms with Gasteiger partial charge in [0.05, 0.1) is 5.56 Å². The number of carbonyl (C=O) groups is 1. The molecule has 43 heavy (non-hydrogen) atoms. The maximum absolute atomic E-state index is 16.0. The van der Waals surface area contributed by atoms with E-state index < -0.39 is 28.5 Å². The van der Waals surface area contributed by atoms with Crippen LogP contribution in [0.25, 0.3) is 21.1 Å². The van der Waals surface area contributed by atoms with Crippen molar-refractivity contribution in [1.29, 1.82) is 0 Å². The van der Waals surface area contributed by atoms with Crippen LogP contribution >= 0.6 is 10.5 Å². The molecule has 0 amide bonds. The maximum Gasteiger partial charge on any atom is 0.368 e. The molecule has 2 aliphatic rings. The normalized spacial score (nSPS) is 19.3. The zero-order valence-electron chi connectivity index (χ0n) is 24.7. The monoisotopic (exact) mass is 612 g/mol. The smallest absolute Gasteiger partial charge is 0.368 e. The largest absolute Gasteiger partial charge is 0.483 e. The Morgan fingerprint density at radius 3 is 2.47 bits per heavy atom. The second kappa shape index (κ2) is 12.1. The Hall–Kier alpha value is -3.76. The Bertz CT molecular complexity index is 1600. The molecule has 0 radical (unpaired) electrons. The van der Waals surface area contributed by atoms with Gasteiger partial charge < -0.3 is 14.7 Å². The first kappa shape index (κ1) is 30.7. The van der Waals surface area contributed by atoms with Gasteiger partial charge in [-0.15, -0.1) is 0 Å². The van der Waals surface area contributed by atoms with Gasteiger partial charge in [-0.2, -0.15) is 13.7 Å². The number of aryl methyl sites for hydroxylation is 2. The van der Waals surface area contributed by atoms with E-state index in [9.17, 15) is 10.0 Å². The minimum Gasteiger partial charge on any atom is -0.483 e. The fourth-order valence-corrected chi connectivity index (χ4v) is 8.52. The minimum absolute atomic E-state index is 0.0323. The van der Waals surface area contributed by atoms with Crippen molar-refractivity contribution >= 4 is 38.5 Å². The number of rotatable bonds is 9. The summed E-state index contributed by atoms with van der Waals surface area (Å²) in [6.45, 7) is 10.7. The Balaban J connectivity index is 1.46. The summed E-state index contributed by atoms with van der Waals surface area (Å²) in [5, 5.41) is 13.4. The van der Waals surface area contributed by atoms with Gasteiger partial charge in [0.15, 0.2) is 27.2 Å². The van der Waals surface area contributed by atoms with Crippen LogP contribution < -0.4 is 4.74 Å². The molecule has 0 spiro atoms. The van der Waals surface area contributed by atoms with E-state index in [0.29, 0.717) is 16.0 Å². The number of ether oxygens (including phenoxy) is 2. The third-order valence-electron chi connectivity index (χ3n) is 8.15. The fraction of sp³-hybridized carbons (Fsp3) is 0.394. The summed E-state index contributed by atoms with van der Waals surface area (Å²) < 4.78 is 44.9. The van der Waals surface area contributed by atoms with Crippen molar-refractivity contribution in [1.82, 2.24) is 0 Å². The van der Waals surface area contributed by atoms with Gasteiger partial charge in [-0.05, 0) is 88.3 Å². The second-order valence-electron chi connectivity index (χ2n) is 11.2. The number of halogens is 2. The summed E-state index contributed by atoms with van der Waals surface area (Å²) in [5.74, 6) is -3.61. The molecule has 1 N–H and O–H groups in total. The van der Waals surface area contributed by atoms with Crippen LogP contribution in [0.5, 0.6) is 5.75 Å². The molecule has 2 aliphatic carbocycles. The Morgan fingerprint density at radius 1 is 1.16 bits per heavy atom. The molecule has 2 aromatic carbocycles. The van der Waals surface area contributed by atoms with Crippen molar-refractivity contribution in [2.75, 3.05) is 6.61 Å². The highest BCUT2D eigenvalue weighted by molar-refractivity contribution is 7.46. The van der Waals surface area contributed by atoms with Crippen LogP contribution in [0.4, 0.5) is 8.78 Å². The van der Waals surface area contributed by atoms with Crippen molar-refractivity contribution < 1.29 is 38.0 Å². The van der Waals surface area contributed by atoms with Crippen LogP contribution in [0.3, 0.4) is 0 Å². The molecule has 1 fully saturated rings. The highest BCUT2D eigenvalue weighted by Gasteiger charge is 2.52. The van der Waals surface area contributed by atoms with Crippen molar-refractivity contribution in [2.24, 2.45) is 5.16 Å². The van der Waals surface area contributed by atoms with E-state index >= 15 is 8.78 Å². The summed E-state index contributed by atoms with van der Waals surface area (Å²) >= 11 is 0. The van der Waals surface area contributed by atoms with E-state index in [1.807, 2.05) is 38.1 Å². The minimum atomic E-state index is -3.46. The fourth-order valence-electron chi connectivity index (χ4n) is 5.92. The molecule has 2 atom stereocenters. The van der Waals surface area contributed by atoms with Gasteiger partial charge in [0, 0.05) is 33.6 Å². The zero-order chi connectivity index (χ0) is 30.9. The molecule has 228 valence electrons. The predicted molar refractivity (Wildman–Crippen MR) is 163 cm³/mol. The molecule has 0 saturated heterocycles. The van der Waals surface area contributed by atoms with Crippen LogP contribution in [-0.4, -0.2) is 35.4 Å². The van der Waals surface area contributed by atoms with Crippen molar-refractivity contribution in [3.8, 4) is 10.6 Å². The molecule has 0 bridgehead atoms. The number of alkyl halides is 2. The lowest BCUT2D eigenvalue weighted by Gasteiger charge is -2.29. The van der Waals surface area contributed by atoms with Gasteiger partial charge in [-0.1, -0.05) is 30.8 Å². The number of nitrogens with zero attached hydrogens (tertiary/aromatic N) is 1. The molecule has 2 unspecified atom stereocenters. The van der Waals surface area contributed by atoms with Crippen LogP contribution in [-0.2, 0) is 25.2 Å². The summed E-state index contributed by atoms with van der Waals surface area (Å²) in [5.41, 5.74) is 1.21. The van der Waals surface area contributed by atoms with Gasteiger partial charge in [0.1, 0.15) is 11.4 Å². The van der Waals surface area contributed by atoms with Crippen molar-refractivity contribution in [2.45, 2.75) is 77.4 Å². The summed E-state index contributed by atoms with van der Waals surface area (Å²) in [7, 11) is -0.826. The van der Waals surface area contributed by atoms with E-state index in [1.54, 1.807) is 18.2 Å². The molecule has 3 aromatic rings. The van der Waals surface area contributed by atoms with E-state index in [4.69, 9.17) is 14.4 Å². The summed E-state index contributed by atoms with van der Waals surface area (Å²) in [6, 6.07) is 11.0. The number of thiophene rings is 1.